The molecule has 5 heteroatoms. The van der Waals surface area contributed by atoms with Crippen LogP contribution in [0.15, 0.2) is 54.6 Å². The first-order chi connectivity index (χ1) is 17.4. The molecule has 0 bridgehead atoms. The van der Waals surface area contributed by atoms with E-state index in [1.807, 2.05) is 6.07 Å². The Labute approximate surface area is 223 Å². The molecule has 0 aliphatic carbocycles. The fourth-order valence-electron chi connectivity index (χ4n) is 4.31. The van der Waals surface area contributed by atoms with Gasteiger partial charge in [-0.3, -0.25) is 0 Å². The summed E-state index contributed by atoms with van der Waals surface area (Å²) in [7, 11) is 3.28. The van der Waals surface area contributed by atoms with E-state index in [1.54, 1.807) is 14.2 Å². The molecule has 0 N–H and O–H groups in total. The lowest BCUT2D eigenvalue weighted by Gasteiger charge is -2.33. The molecule has 0 atom stereocenters. The maximum absolute atomic E-state index is 6.23. The van der Waals surface area contributed by atoms with Gasteiger partial charge in [0.05, 0.1) is 11.4 Å². The lowest BCUT2D eigenvalue weighted by atomic mass is 9.84. The largest absolute Gasteiger partial charge is 0.465 e. The van der Waals surface area contributed by atoms with Gasteiger partial charge in [-0.1, -0.05) is 71.9 Å². The van der Waals surface area contributed by atoms with Crippen LogP contribution >= 0.6 is 0 Å². The SMILES string of the molecule is COCOc1c(C)cc(C(C)(C)C)cc1N(c1ccccc1)c1cc(C(C)(C)C)cc(C)c1OCOC. The van der Waals surface area contributed by atoms with Gasteiger partial charge in [-0.15, -0.1) is 0 Å². The van der Waals surface area contributed by atoms with Crippen molar-refractivity contribution in [2.24, 2.45) is 0 Å². The van der Waals surface area contributed by atoms with Crippen LogP contribution in [0.5, 0.6) is 11.5 Å². The molecule has 0 saturated carbocycles. The fraction of sp³-hybridized carbons (Fsp3) is 0.438. The van der Waals surface area contributed by atoms with Crippen molar-refractivity contribution >= 4 is 17.1 Å². The van der Waals surface area contributed by atoms with E-state index in [0.717, 1.165) is 39.7 Å². The topological polar surface area (TPSA) is 40.2 Å². The summed E-state index contributed by atoms with van der Waals surface area (Å²) in [6.45, 7) is 17.8. The number of benzene rings is 3. The van der Waals surface area contributed by atoms with Crippen molar-refractivity contribution in [1.29, 1.82) is 0 Å². The second-order valence-electron chi connectivity index (χ2n) is 11.6. The van der Waals surface area contributed by atoms with Gasteiger partial charge in [-0.25, -0.2) is 0 Å². The molecular weight excluding hydrogens is 462 g/mol. The van der Waals surface area contributed by atoms with E-state index in [2.05, 4.69) is 109 Å². The first-order valence-electron chi connectivity index (χ1n) is 12.8. The molecule has 0 aliphatic heterocycles. The minimum Gasteiger partial charge on any atom is -0.465 e. The van der Waals surface area contributed by atoms with Crippen molar-refractivity contribution in [3.05, 3.63) is 76.9 Å². The highest BCUT2D eigenvalue weighted by Crippen LogP contribution is 2.49. The van der Waals surface area contributed by atoms with Gasteiger partial charge >= 0.3 is 0 Å². The van der Waals surface area contributed by atoms with Gasteiger partial charge in [0.2, 0.25) is 0 Å². The first kappa shape index (κ1) is 28.5. The zero-order valence-corrected chi connectivity index (χ0v) is 24.2. The quantitative estimate of drug-likeness (QED) is 0.273. The molecule has 3 rings (SSSR count). The number of methoxy groups -OCH3 is 2. The highest BCUT2D eigenvalue weighted by molar-refractivity contribution is 5.85. The van der Waals surface area contributed by atoms with Crippen molar-refractivity contribution in [2.75, 3.05) is 32.7 Å². The molecule has 37 heavy (non-hydrogen) atoms. The summed E-state index contributed by atoms with van der Waals surface area (Å²) < 4.78 is 23.1. The summed E-state index contributed by atoms with van der Waals surface area (Å²) in [5, 5.41) is 0. The Morgan fingerprint density at radius 1 is 0.622 bits per heavy atom. The summed E-state index contributed by atoms with van der Waals surface area (Å²) in [6.07, 6.45) is 0. The predicted molar refractivity (Wildman–Crippen MR) is 153 cm³/mol. The molecule has 5 nitrogen and oxygen atoms in total. The lowest BCUT2D eigenvalue weighted by Crippen LogP contribution is -2.19. The Morgan fingerprint density at radius 2 is 1.03 bits per heavy atom. The van der Waals surface area contributed by atoms with E-state index in [1.165, 1.54) is 11.1 Å². The molecule has 0 spiro atoms. The Kier molecular flexibility index (Phi) is 8.93. The molecule has 0 aliphatic rings. The van der Waals surface area contributed by atoms with E-state index in [0.29, 0.717) is 0 Å². The molecule has 200 valence electrons. The summed E-state index contributed by atoms with van der Waals surface area (Å²) >= 11 is 0. The van der Waals surface area contributed by atoms with Crippen LogP contribution in [0, 0.1) is 13.8 Å². The van der Waals surface area contributed by atoms with E-state index >= 15 is 0 Å². The van der Waals surface area contributed by atoms with Crippen molar-refractivity contribution in [1.82, 2.24) is 0 Å². The van der Waals surface area contributed by atoms with E-state index < -0.39 is 0 Å². The minimum atomic E-state index is -0.0553. The fourth-order valence-corrected chi connectivity index (χ4v) is 4.31. The Balaban J connectivity index is 2.45. The average Bonchev–Trinajstić information content (AvgIpc) is 2.82. The Morgan fingerprint density at radius 3 is 1.38 bits per heavy atom. The Hall–Kier alpha value is -3.02. The van der Waals surface area contributed by atoms with Crippen molar-refractivity contribution in [3.63, 3.8) is 0 Å². The normalized spacial score (nSPS) is 11.9. The third kappa shape index (κ3) is 6.65. The maximum atomic E-state index is 6.23. The van der Waals surface area contributed by atoms with Gasteiger partial charge in [-0.05, 0) is 71.2 Å². The highest BCUT2D eigenvalue weighted by Gasteiger charge is 2.28. The van der Waals surface area contributed by atoms with Crippen LogP contribution in [0.4, 0.5) is 17.1 Å². The Bertz CT molecular complexity index is 1110. The number of para-hydroxylation sites is 1. The minimum absolute atomic E-state index is 0.0553. The molecule has 0 amide bonds. The third-order valence-electron chi connectivity index (χ3n) is 6.38. The summed E-state index contributed by atoms with van der Waals surface area (Å²) in [4.78, 5) is 2.24. The number of ether oxygens (including phenoxy) is 4. The third-order valence-corrected chi connectivity index (χ3v) is 6.38. The van der Waals surface area contributed by atoms with E-state index in [4.69, 9.17) is 18.9 Å². The molecule has 0 heterocycles. The van der Waals surface area contributed by atoms with Crippen LogP contribution < -0.4 is 14.4 Å². The molecular formula is C32H43NO4. The number of aryl methyl sites for hydroxylation is 2. The zero-order chi connectivity index (χ0) is 27.4. The lowest BCUT2D eigenvalue weighted by molar-refractivity contribution is 0.0506. The molecule has 0 radical (unpaired) electrons. The van der Waals surface area contributed by atoms with Crippen LogP contribution in [0.1, 0.15) is 63.8 Å². The van der Waals surface area contributed by atoms with E-state index in [-0.39, 0.29) is 24.4 Å². The van der Waals surface area contributed by atoms with Gasteiger partial charge in [-0.2, -0.15) is 0 Å². The van der Waals surface area contributed by atoms with Gasteiger partial charge < -0.3 is 23.8 Å². The molecule has 0 saturated heterocycles. The monoisotopic (exact) mass is 505 g/mol. The number of rotatable bonds is 9. The average molecular weight is 506 g/mol. The number of anilines is 3. The van der Waals surface area contributed by atoms with Crippen LogP contribution in [0.3, 0.4) is 0 Å². The second-order valence-corrected chi connectivity index (χ2v) is 11.6. The number of nitrogens with zero attached hydrogens (tertiary/aromatic N) is 1. The van der Waals surface area contributed by atoms with Gasteiger partial charge in [0.15, 0.2) is 13.6 Å². The summed E-state index contributed by atoms with van der Waals surface area (Å²) in [6, 6.07) is 19.2. The van der Waals surface area contributed by atoms with Gasteiger partial charge in [0.1, 0.15) is 11.5 Å². The van der Waals surface area contributed by atoms with Crippen LogP contribution in [0.2, 0.25) is 0 Å². The predicted octanol–water partition coefficient (Wildman–Crippen LogP) is 8.33. The van der Waals surface area contributed by atoms with E-state index in [9.17, 15) is 0 Å². The van der Waals surface area contributed by atoms with Crippen LogP contribution in [-0.4, -0.2) is 27.8 Å². The molecule has 3 aromatic carbocycles. The van der Waals surface area contributed by atoms with Crippen molar-refractivity contribution in [2.45, 2.75) is 66.2 Å². The van der Waals surface area contributed by atoms with Crippen molar-refractivity contribution in [3.8, 4) is 11.5 Å². The zero-order valence-electron chi connectivity index (χ0n) is 24.2. The molecule has 0 unspecified atom stereocenters. The molecule has 0 fully saturated rings. The van der Waals surface area contributed by atoms with Gasteiger partial charge in [0.25, 0.3) is 0 Å². The standard InChI is InChI=1S/C32H43NO4/c1-22-16-24(31(3,4)5)18-27(29(22)36-20-34-9)33(26-14-12-11-13-15-26)28-19-25(32(6,7)8)17-23(2)30(28)37-21-35-10/h11-19H,20-21H2,1-10H3. The molecule has 3 aromatic rings. The number of hydrogen-bond acceptors (Lipinski definition) is 5. The highest BCUT2D eigenvalue weighted by atomic mass is 16.7. The smallest absolute Gasteiger partial charge is 0.188 e. The number of hydrogen-bond donors (Lipinski definition) is 0. The maximum Gasteiger partial charge on any atom is 0.188 e. The van der Waals surface area contributed by atoms with Gasteiger partial charge in [0, 0.05) is 19.9 Å². The first-order valence-corrected chi connectivity index (χ1v) is 12.8. The summed E-state index contributed by atoms with van der Waals surface area (Å²) in [5.74, 6) is 1.55. The van der Waals surface area contributed by atoms with Crippen molar-refractivity contribution < 1.29 is 18.9 Å². The summed E-state index contributed by atoms with van der Waals surface area (Å²) in [5.41, 5.74) is 7.28. The van der Waals surface area contributed by atoms with Crippen LogP contribution in [-0.2, 0) is 20.3 Å². The van der Waals surface area contributed by atoms with Crippen LogP contribution in [0.25, 0.3) is 0 Å². The second kappa shape index (κ2) is 11.6. The molecule has 0 aromatic heterocycles.